The van der Waals surface area contributed by atoms with Crippen molar-refractivity contribution in [1.29, 1.82) is 0 Å². The molecule has 0 atom stereocenters. The first-order chi connectivity index (χ1) is 15.4. The number of methoxy groups -OCH3 is 2. The Bertz CT molecular complexity index is 1340. The minimum Gasteiger partial charge on any atom is -0.465 e. The van der Waals surface area contributed by atoms with Crippen LogP contribution in [0.5, 0.6) is 0 Å². The number of benzene rings is 2. The Morgan fingerprint density at radius 1 is 0.875 bits per heavy atom. The highest BCUT2D eigenvalue weighted by atomic mass is 79.9. The van der Waals surface area contributed by atoms with Crippen LogP contribution in [0.3, 0.4) is 0 Å². The standard InChI is InChI=1S/C13H12FNO2.C10H7BrFNO2/c1-17-13(16)9-6-15-12-8(7-2-3-7)4-5-10(14)11(9)12;1-15-10(14)5-4-13-9-6(11)2-3-7(12)8(5)9/h4-7,15H,2-3H2,1H3;2-4,13H,1H3. The number of aromatic nitrogens is 2. The largest absolute Gasteiger partial charge is 0.465 e. The number of H-pyrrole nitrogens is 2. The van der Waals surface area contributed by atoms with E-state index in [1.54, 1.807) is 12.1 Å². The Morgan fingerprint density at radius 3 is 1.91 bits per heavy atom. The maximum atomic E-state index is 13.8. The maximum absolute atomic E-state index is 13.8. The molecule has 9 heteroatoms. The molecule has 1 saturated carbocycles. The van der Waals surface area contributed by atoms with Crippen LogP contribution in [0.25, 0.3) is 21.8 Å². The first-order valence-electron chi connectivity index (χ1n) is 9.78. The van der Waals surface area contributed by atoms with Crippen molar-refractivity contribution in [2.75, 3.05) is 14.2 Å². The van der Waals surface area contributed by atoms with Crippen LogP contribution in [0.1, 0.15) is 45.0 Å². The number of esters is 2. The van der Waals surface area contributed by atoms with Crippen molar-refractivity contribution in [1.82, 2.24) is 9.97 Å². The third-order valence-corrected chi connectivity index (χ3v) is 6.04. The van der Waals surface area contributed by atoms with E-state index in [1.165, 1.54) is 38.7 Å². The number of ether oxygens (including phenoxy) is 2. The Hall–Kier alpha value is -3.20. The number of carbonyl (C=O) groups excluding carboxylic acids is 2. The molecule has 0 amide bonds. The van der Waals surface area contributed by atoms with Gasteiger partial charge in [0.25, 0.3) is 0 Å². The fourth-order valence-corrected chi connectivity index (χ4v) is 4.12. The van der Waals surface area contributed by atoms with Gasteiger partial charge in [-0.1, -0.05) is 6.07 Å². The van der Waals surface area contributed by atoms with Crippen molar-refractivity contribution in [3.63, 3.8) is 0 Å². The van der Waals surface area contributed by atoms with Crippen LogP contribution in [0.2, 0.25) is 0 Å². The van der Waals surface area contributed by atoms with Gasteiger partial charge in [-0.2, -0.15) is 0 Å². The summed E-state index contributed by atoms with van der Waals surface area (Å²) in [6.07, 6.45) is 5.22. The zero-order valence-electron chi connectivity index (χ0n) is 17.2. The summed E-state index contributed by atoms with van der Waals surface area (Å²) in [5.41, 5.74) is 2.84. The molecule has 6 nitrogen and oxygen atoms in total. The van der Waals surface area contributed by atoms with Crippen LogP contribution in [0.15, 0.2) is 41.1 Å². The lowest BCUT2D eigenvalue weighted by Crippen LogP contribution is -2.00. The molecular formula is C23H19BrF2N2O4. The molecule has 2 N–H and O–H groups in total. The van der Waals surface area contributed by atoms with E-state index >= 15 is 0 Å². The molecule has 0 bridgehead atoms. The Morgan fingerprint density at radius 2 is 1.38 bits per heavy atom. The fraction of sp³-hybridized carbons (Fsp3) is 0.217. The Labute approximate surface area is 190 Å². The summed E-state index contributed by atoms with van der Waals surface area (Å²) in [6.45, 7) is 0. The minimum absolute atomic E-state index is 0.200. The second kappa shape index (κ2) is 8.74. The minimum atomic E-state index is -0.557. The zero-order chi connectivity index (χ0) is 23.0. The molecule has 1 fully saturated rings. The lowest BCUT2D eigenvalue weighted by atomic mass is 10.0. The van der Waals surface area contributed by atoms with Crippen LogP contribution in [0.4, 0.5) is 8.78 Å². The third kappa shape index (κ3) is 3.88. The van der Waals surface area contributed by atoms with Crippen molar-refractivity contribution >= 4 is 49.7 Å². The van der Waals surface area contributed by atoms with Gasteiger partial charge in [-0.05, 0) is 58.5 Å². The average molecular weight is 505 g/mol. The van der Waals surface area contributed by atoms with Gasteiger partial charge in [0, 0.05) is 16.9 Å². The number of halogens is 3. The highest BCUT2D eigenvalue weighted by Crippen LogP contribution is 2.43. The molecule has 0 aliphatic heterocycles. The molecule has 32 heavy (non-hydrogen) atoms. The summed E-state index contributed by atoms with van der Waals surface area (Å²) in [6, 6.07) is 6.10. The van der Waals surface area contributed by atoms with Gasteiger partial charge in [0.1, 0.15) is 11.6 Å². The van der Waals surface area contributed by atoms with Crippen LogP contribution in [-0.4, -0.2) is 36.1 Å². The number of aromatic amines is 2. The highest BCUT2D eigenvalue weighted by molar-refractivity contribution is 9.10. The summed E-state index contributed by atoms with van der Waals surface area (Å²) in [5, 5.41) is 0.595. The van der Waals surface area contributed by atoms with E-state index in [9.17, 15) is 18.4 Å². The summed E-state index contributed by atoms with van der Waals surface area (Å²) >= 11 is 3.27. The van der Waals surface area contributed by atoms with E-state index in [1.807, 2.05) is 0 Å². The molecule has 2 aromatic heterocycles. The molecule has 4 aromatic rings. The van der Waals surface area contributed by atoms with E-state index in [0.29, 0.717) is 21.3 Å². The monoisotopic (exact) mass is 504 g/mol. The summed E-state index contributed by atoms with van der Waals surface area (Å²) in [4.78, 5) is 28.7. The number of hydrogen-bond donors (Lipinski definition) is 2. The highest BCUT2D eigenvalue weighted by Gasteiger charge is 2.28. The molecule has 0 radical (unpaired) electrons. The molecule has 2 heterocycles. The number of carbonyl (C=O) groups is 2. The topological polar surface area (TPSA) is 84.2 Å². The van der Waals surface area contributed by atoms with Crippen molar-refractivity contribution in [2.24, 2.45) is 0 Å². The molecule has 0 spiro atoms. The molecule has 0 unspecified atom stereocenters. The quantitative estimate of drug-likeness (QED) is 0.344. The number of rotatable bonds is 3. The predicted molar refractivity (Wildman–Crippen MR) is 119 cm³/mol. The van der Waals surface area contributed by atoms with E-state index in [2.05, 4.69) is 35.4 Å². The molecule has 5 rings (SSSR count). The van der Waals surface area contributed by atoms with E-state index in [0.717, 1.165) is 23.9 Å². The zero-order valence-corrected chi connectivity index (χ0v) is 18.8. The first kappa shape index (κ1) is 22.0. The van der Waals surface area contributed by atoms with Gasteiger partial charge < -0.3 is 19.4 Å². The second-order valence-electron chi connectivity index (χ2n) is 7.33. The average Bonchev–Trinajstić information content (AvgIpc) is 3.36. The van der Waals surface area contributed by atoms with Crippen molar-refractivity contribution in [3.05, 3.63) is 69.5 Å². The third-order valence-electron chi connectivity index (χ3n) is 5.38. The molecule has 2 aromatic carbocycles. The van der Waals surface area contributed by atoms with Gasteiger partial charge in [-0.25, -0.2) is 18.4 Å². The maximum Gasteiger partial charge on any atom is 0.340 e. The lowest BCUT2D eigenvalue weighted by Gasteiger charge is -2.03. The van der Waals surface area contributed by atoms with E-state index < -0.39 is 17.8 Å². The fourth-order valence-electron chi connectivity index (χ4n) is 3.68. The van der Waals surface area contributed by atoms with Crippen LogP contribution < -0.4 is 0 Å². The number of fused-ring (bicyclic) bond motifs is 2. The van der Waals surface area contributed by atoms with E-state index in [4.69, 9.17) is 0 Å². The summed E-state index contributed by atoms with van der Waals surface area (Å²) < 4.78 is 37.2. The Kier molecular flexibility index (Phi) is 6.01. The molecule has 0 saturated heterocycles. The van der Waals surface area contributed by atoms with Crippen LogP contribution >= 0.6 is 15.9 Å². The lowest BCUT2D eigenvalue weighted by molar-refractivity contribution is 0.0594. The first-order valence-corrected chi connectivity index (χ1v) is 10.6. The van der Waals surface area contributed by atoms with Crippen LogP contribution in [0, 0.1) is 11.6 Å². The smallest absolute Gasteiger partial charge is 0.340 e. The van der Waals surface area contributed by atoms with Crippen molar-refractivity contribution < 1.29 is 27.8 Å². The van der Waals surface area contributed by atoms with Gasteiger partial charge in [0.15, 0.2) is 0 Å². The SMILES string of the molecule is COC(=O)c1c[nH]c2c(Br)ccc(F)c12.COC(=O)c1c[nH]c2c(C3CC3)ccc(F)c12. The number of nitrogens with one attached hydrogen (secondary N) is 2. The second-order valence-corrected chi connectivity index (χ2v) is 8.18. The van der Waals surface area contributed by atoms with Crippen LogP contribution in [-0.2, 0) is 9.47 Å². The normalized spacial score (nSPS) is 13.0. The molecule has 1 aliphatic carbocycles. The molecular weight excluding hydrogens is 486 g/mol. The van der Waals surface area contributed by atoms with Gasteiger partial charge in [-0.3, -0.25) is 0 Å². The molecule has 1 aliphatic rings. The van der Waals surface area contributed by atoms with E-state index in [-0.39, 0.29) is 22.3 Å². The van der Waals surface area contributed by atoms with Gasteiger partial charge in [-0.15, -0.1) is 0 Å². The van der Waals surface area contributed by atoms with Crippen molar-refractivity contribution in [2.45, 2.75) is 18.8 Å². The summed E-state index contributed by atoms with van der Waals surface area (Å²) in [7, 11) is 2.56. The number of hydrogen-bond acceptors (Lipinski definition) is 4. The Balaban J connectivity index is 0.000000155. The van der Waals surface area contributed by atoms with Gasteiger partial charge in [0.05, 0.1) is 47.2 Å². The van der Waals surface area contributed by atoms with Gasteiger partial charge >= 0.3 is 11.9 Å². The predicted octanol–water partition coefficient (Wildman–Crippen LogP) is 5.83. The molecule has 166 valence electrons. The van der Waals surface area contributed by atoms with Gasteiger partial charge in [0.2, 0.25) is 0 Å². The van der Waals surface area contributed by atoms with Crippen molar-refractivity contribution in [3.8, 4) is 0 Å². The summed E-state index contributed by atoms with van der Waals surface area (Å²) in [5.74, 6) is -1.40.